The summed E-state index contributed by atoms with van der Waals surface area (Å²) in [5, 5.41) is 5.11. The van der Waals surface area contributed by atoms with Crippen molar-refractivity contribution in [2.45, 2.75) is 13.5 Å². The fourth-order valence-corrected chi connectivity index (χ4v) is 2.83. The zero-order valence-corrected chi connectivity index (χ0v) is 11.2. The maximum Gasteiger partial charge on any atom is 0.146 e. The third-order valence-corrected chi connectivity index (χ3v) is 4.18. The summed E-state index contributed by atoms with van der Waals surface area (Å²) in [5.41, 5.74) is 1.61. The molecule has 1 aromatic heterocycles. The van der Waals surface area contributed by atoms with E-state index >= 15 is 0 Å². The van der Waals surface area contributed by atoms with Gasteiger partial charge in [-0.2, -0.15) is 0 Å². The van der Waals surface area contributed by atoms with E-state index in [1.165, 1.54) is 10.9 Å². The molecule has 1 nitrogen and oxygen atoms in total. The van der Waals surface area contributed by atoms with Crippen molar-refractivity contribution in [3.05, 3.63) is 50.4 Å². The van der Waals surface area contributed by atoms with Gasteiger partial charge in [0.15, 0.2) is 0 Å². The zero-order chi connectivity index (χ0) is 11.5. The van der Waals surface area contributed by atoms with Crippen LogP contribution in [0.25, 0.3) is 0 Å². The van der Waals surface area contributed by atoms with E-state index in [9.17, 15) is 4.39 Å². The molecule has 1 N–H and O–H groups in total. The normalized spacial score (nSPS) is 10.4. The second-order valence-electron chi connectivity index (χ2n) is 3.53. The van der Waals surface area contributed by atoms with Gasteiger partial charge < -0.3 is 5.32 Å². The molecule has 0 spiro atoms. The number of thiophene rings is 1. The predicted octanol–water partition coefficient (Wildman–Crippen LogP) is 4.57. The number of halogens is 2. The van der Waals surface area contributed by atoms with Gasteiger partial charge in [-0.15, -0.1) is 11.3 Å². The Hall–Kier alpha value is -0.870. The smallest absolute Gasteiger partial charge is 0.146 e. The van der Waals surface area contributed by atoms with Crippen molar-refractivity contribution >= 4 is 33.0 Å². The standard InChI is InChI=1S/C12H11BrFNS/c1-8-2-3-10(14)11(6-8)15-7-12-9(13)4-5-16-12/h2-6,15H,7H2,1H3. The van der Waals surface area contributed by atoms with E-state index in [1.54, 1.807) is 17.4 Å². The Morgan fingerprint density at radius 3 is 2.88 bits per heavy atom. The molecule has 1 heterocycles. The topological polar surface area (TPSA) is 12.0 Å². The highest BCUT2D eigenvalue weighted by molar-refractivity contribution is 9.10. The third kappa shape index (κ3) is 2.62. The number of hydrogen-bond acceptors (Lipinski definition) is 2. The molecule has 84 valence electrons. The van der Waals surface area contributed by atoms with Crippen LogP contribution in [0.5, 0.6) is 0 Å². The minimum atomic E-state index is -0.210. The molecule has 0 atom stereocenters. The highest BCUT2D eigenvalue weighted by Crippen LogP contribution is 2.24. The van der Waals surface area contributed by atoms with Gasteiger partial charge in [-0.1, -0.05) is 6.07 Å². The van der Waals surface area contributed by atoms with Crippen molar-refractivity contribution < 1.29 is 4.39 Å². The Kier molecular flexibility index (Phi) is 3.61. The highest BCUT2D eigenvalue weighted by atomic mass is 79.9. The van der Waals surface area contributed by atoms with Gasteiger partial charge in [-0.05, 0) is 52.0 Å². The average Bonchev–Trinajstić information content (AvgIpc) is 2.66. The van der Waals surface area contributed by atoms with Gasteiger partial charge in [0.25, 0.3) is 0 Å². The van der Waals surface area contributed by atoms with Crippen molar-refractivity contribution in [2.24, 2.45) is 0 Å². The van der Waals surface area contributed by atoms with Crippen LogP contribution in [0.15, 0.2) is 34.1 Å². The molecule has 4 heteroatoms. The first kappa shape index (κ1) is 11.6. The number of anilines is 1. The first-order valence-corrected chi connectivity index (χ1v) is 6.56. The van der Waals surface area contributed by atoms with Crippen LogP contribution < -0.4 is 5.32 Å². The van der Waals surface area contributed by atoms with Gasteiger partial charge >= 0.3 is 0 Å². The first-order chi connectivity index (χ1) is 7.66. The molecule has 2 rings (SSSR count). The molecule has 0 unspecified atom stereocenters. The van der Waals surface area contributed by atoms with E-state index in [-0.39, 0.29) is 5.82 Å². The Labute approximate surface area is 106 Å². The van der Waals surface area contributed by atoms with Crippen LogP contribution in [0, 0.1) is 12.7 Å². The molecule has 0 amide bonds. The van der Waals surface area contributed by atoms with E-state index in [0.29, 0.717) is 12.2 Å². The molecule has 0 aliphatic carbocycles. The molecular formula is C12H11BrFNS. The summed E-state index contributed by atoms with van der Waals surface area (Å²) in [7, 11) is 0. The second kappa shape index (κ2) is 4.97. The fraction of sp³-hybridized carbons (Fsp3) is 0.167. The molecule has 0 aliphatic rings. The summed E-state index contributed by atoms with van der Waals surface area (Å²) >= 11 is 5.10. The summed E-state index contributed by atoms with van der Waals surface area (Å²) in [6, 6.07) is 7.06. The quantitative estimate of drug-likeness (QED) is 0.875. The molecular weight excluding hydrogens is 289 g/mol. The van der Waals surface area contributed by atoms with Crippen molar-refractivity contribution in [1.29, 1.82) is 0 Å². The first-order valence-electron chi connectivity index (χ1n) is 4.88. The van der Waals surface area contributed by atoms with Crippen LogP contribution in [-0.2, 0) is 6.54 Å². The maximum absolute atomic E-state index is 13.4. The van der Waals surface area contributed by atoms with Gasteiger partial charge in [0.05, 0.1) is 12.2 Å². The number of nitrogens with one attached hydrogen (secondary N) is 1. The van der Waals surface area contributed by atoms with E-state index in [1.807, 2.05) is 24.4 Å². The Morgan fingerprint density at radius 2 is 2.19 bits per heavy atom. The molecule has 1 aromatic carbocycles. The number of hydrogen-bond donors (Lipinski definition) is 1. The molecule has 0 saturated carbocycles. The summed E-state index contributed by atoms with van der Waals surface area (Å²) in [5.74, 6) is -0.210. The van der Waals surface area contributed by atoms with Gasteiger partial charge in [-0.25, -0.2) is 4.39 Å². The minimum Gasteiger partial charge on any atom is -0.378 e. The van der Waals surface area contributed by atoms with Crippen LogP contribution in [0.2, 0.25) is 0 Å². The molecule has 0 fully saturated rings. The number of benzene rings is 1. The SMILES string of the molecule is Cc1ccc(F)c(NCc2sccc2Br)c1. The molecule has 0 bridgehead atoms. The molecule has 2 aromatic rings. The van der Waals surface area contributed by atoms with Crippen molar-refractivity contribution in [2.75, 3.05) is 5.32 Å². The lowest BCUT2D eigenvalue weighted by atomic mass is 10.2. The second-order valence-corrected chi connectivity index (χ2v) is 5.38. The van der Waals surface area contributed by atoms with Gasteiger partial charge in [0, 0.05) is 9.35 Å². The van der Waals surface area contributed by atoms with E-state index in [0.717, 1.165) is 10.0 Å². The van der Waals surface area contributed by atoms with Gasteiger partial charge in [-0.3, -0.25) is 0 Å². The number of rotatable bonds is 3. The van der Waals surface area contributed by atoms with Crippen LogP contribution >= 0.6 is 27.3 Å². The van der Waals surface area contributed by atoms with Crippen LogP contribution in [-0.4, -0.2) is 0 Å². The Morgan fingerprint density at radius 1 is 1.38 bits per heavy atom. The predicted molar refractivity (Wildman–Crippen MR) is 70.5 cm³/mol. The minimum absolute atomic E-state index is 0.210. The summed E-state index contributed by atoms with van der Waals surface area (Å²) in [6.07, 6.45) is 0. The Balaban J connectivity index is 2.10. The van der Waals surface area contributed by atoms with Crippen LogP contribution in [0.3, 0.4) is 0 Å². The summed E-state index contributed by atoms with van der Waals surface area (Å²) in [4.78, 5) is 1.17. The van der Waals surface area contributed by atoms with Crippen molar-refractivity contribution in [3.8, 4) is 0 Å². The lowest BCUT2D eigenvalue weighted by Gasteiger charge is -2.07. The largest absolute Gasteiger partial charge is 0.378 e. The lowest BCUT2D eigenvalue weighted by Crippen LogP contribution is -2.00. The zero-order valence-electron chi connectivity index (χ0n) is 8.76. The average molecular weight is 300 g/mol. The molecule has 16 heavy (non-hydrogen) atoms. The van der Waals surface area contributed by atoms with Crippen molar-refractivity contribution in [3.63, 3.8) is 0 Å². The molecule has 0 aliphatic heterocycles. The Bertz CT molecular complexity index is 496. The fourth-order valence-electron chi connectivity index (χ4n) is 1.40. The van der Waals surface area contributed by atoms with E-state index in [2.05, 4.69) is 21.2 Å². The maximum atomic E-state index is 13.4. The molecule has 0 saturated heterocycles. The number of aryl methyl sites for hydroxylation is 1. The molecule has 0 radical (unpaired) electrons. The summed E-state index contributed by atoms with van der Waals surface area (Å²) in [6.45, 7) is 2.59. The van der Waals surface area contributed by atoms with Crippen LogP contribution in [0.1, 0.15) is 10.4 Å². The van der Waals surface area contributed by atoms with Gasteiger partial charge in [0.2, 0.25) is 0 Å². The lowest BCUT2D eigenvalue weighted by molar-refractivity contribution is 0.630. The van der Waals surface area contributed by atoms with Crippen LogP contribution in [0.4, 0.5) is 10.1 Å². The van der Waals surface area contributed by atoms with Crippen molar-refractivity contribution in [1.82, 2.24) is 0 Å². The van der Waals surface area contributed by atoms with E-state index in [4.69, 9.17) is 0 Å². The highest BCUT2D eigenvalue weighted by Gasteiger charge is 2.04. The summed E-state index contributed by atoms with van der Waals surface area (Å²) < 4.78 is 14.5. The van der Waals surface area contributed by atoms with Gasteiger partial charge in [0.1, 0.15) is 5.82 Å². The third-order valence-electron chi connectivity index (χ3n) is 2.25. The monoisotopic (exact) mass is 299 g/mol. The van der Waals surface area contributed by atoms with E-state index < -0.39 is 0 Å².